The van der Waals surface area contributed by atoms with Gasteiger partial charge < -0.3 is 0 Å². The maximum Gasteiger partial charge on any atom is 0.267 e. The molecule has 0 aliphatic carbocycles. The van der Waals surface area contributed by atoms with Crippen LogP contribution in [0.1, 0.15) is 24.0 Å². The average molecular weight is 318 g/mol. The van der Waals surface area contributed by atoms with E-state index in [1.807, 2.05) is 18.2 Å². The molecule has 0 radical (unpaired) electrons. The van der Waals surface area contributed by atoms with Gasteiger partial charge >= 0.3 is 0 Å². The Morgan fingerprint density at radius 1 is 1.24 bits per heavy atom. The van der Waals surface area contributed by atoms with Crippen LogP contribution < -0.4 is 0 Å². The molecule has 0 unspecified atom stereocenters. The van der Waals surface area contributed by atoms with Crippen molar-refractivity contribution in [2.24, 2.45) is 0 Å². The number of nitrogens with zero attached hydrogens (tertiary/aromatic N) is 2. The highest BCUT2D eigenvalue weighted by molar-refractivity contribution is 8.26. The average Bonchev–Trinajstić information content (AvgIpc) is 3.06. The quantitative estimate of drug-likeness (QED) is 0.630. The van der Waals surface area contributed by atoms with E-state index in [4.69, 9.17) is 12.2 Å². The maximum absolute atomic E-state index is 12.5. The molecule has 0 aromatic heterocycles. The monoisotopic (exact) mass is 318 g/mol. The molecule has 0 saturated carbocycles. The maximum atomic E-state index is 12.5. The van der Waals surface area contributed by atoms with Gasteiger partial charge in [-0.3, -0.25) is 14.6 Å². The van der Waals surface area contributed by atoms with Crippen LogP contribution in [0.3, 0.4) is 0 Å². The van der Waals surface area contributed by atoms with Gasteiger partial charge in [0.2, 0.25) is 0 Å². The highest BCUT2D eigenvalue weighted by Gasteiger charge is 2.33. The van der Waals surface area contributed by atoms with Crippen molar-refractivity contribution in [2.45, 2.75) is 19.8 Å². The zero-order valence-corrected chi connectivity index (χ0v) is 13.7. The van der Waals surface area contributed by atoms with Crippen molar-refractivity contribution in [3.05, 3.63) is 40.3 Å². The first kappa shape index (κ1) is 14.8. The Kier molecular flexibility index (Phi) is 4.42. The molecule has 0 atom stereocenters. The summed E-state index contributed by atoms with van der Waals surface area (Å²) in [6.45, 7) is 4.82. The topological polar surface area (TPSA) is 23.6 Å². The zero-order valence-electron chi connectivity index (χ0n) is 12.0. The summed E-state index contributed by atoms with van der Waals surface area (Å²) in [7, 11) is 0. The van der Waals surface area contributed by atoms with E-state index < -0.39 is 0 Å². The van der Waals surface area contributed by atoms with Crippen LogP contribution in [-0.2, 0) is 4.79 Å². The summed E-state index contributed by atoms with van der Waals surface area (Å²) >= 11 is 6.77. The molecule has 2 saturated heterocycles. The Labute approximate surface area is 135 Å². The number of benzene rings is 1. The Morgan fingerprint density at radius 3 is 2.57 bits per heavy atom. The van der Waals surface area contributed by atoms with Gasteiger partial charge in [0.25, 0.3) is 5.91 Å². The van der Waals surface area contributed by atoms with Crippen LogP contribution in [0.25, 0.3) is 6.08 Å². The lowest BCUT2D eigenvalue weighted by molar-refractivity contribution is -0.123. The largest absolute Gasteiger partial charge is 0.286 e. The molecule has 1 aromatic rings. The Bertz CT molecular complexity index is 589. The first-order valence-electron chi connectivity index (χ1n) is 7.18. The van der Waals surface area contributed by atoms with E-state index in [2.05, 4.69) is 24.0 Å². The Balaban J connectivity index is 1.74. The van der Waals surface area contributed by atoms with Crippen LogP contribution >= 0.6 is 24.0 Å². The van der Waals surface area contributed by atoms with Gasteiger partial charge in [-0.15, -0.1) is 0 Å². The van der Waals surface area contributed by atoms with Crippen LogP contribution in [0.15, 0.2) is 29.2 Å². The number of likely N-dealkylation sites (tertiary alicyclic amines) is 1. The van der Waals surface area contributed by atoms with Crippen molar-refractivity contribution < 1.29 is 4.79 Å². The van der Waals surface area contributed by atoms with E-state index in [9.17, 15) is 4.79 Å². The minimum Gasteiger partial charge on any atom is -0.286 e. The van der Waals surface area contributed by atoms with Gasteiger partial charge in [0.1, 0.15) is 4.32 Å². The predicted octanol–water partition coefficient (Wildman–Crippen LogP) is 3.25. The molecule has 0 N–H and O–H groups in total. The summed E-state index contributed by atoms with van der Waals surface area (Å²) in [5, 5.41) is 0. The fraction of sp³-hybridized carbons (Fsp3) is 0.375. The lowest BCUT2D eigenvalue weighted by atomic mass is 10.1. The van der Waals surface area contributed by atoms with Gasteiger partial charge in [-0.25, -0.2) is 0 Å². The summed E-state index contributed by atoms with van der Waals surface area (Å²) in [4.78, 5) is 17.2. The Morgan fingerprint density at radius 2 is 1.90 bits per heavy atom. The lowest BCUT2D eigenvalue weighted by Gasteiger charge is -2.22. The van der Waals surface area contributed by atoms with E-state index in [0.29, 0.717) is 11.0 Å². The van der Waals surface area contributed by atoms with Crippen LogP contribution in [0.5, 0.6) is 0 Å². The SMILES string of the molecule is Cc1ccc(C=C2SC(=S)N(CN3CCCC3)C2=O)cc1. The second-order valence-corrected chi connectivity index (χ2v) is 7.16. The van der Waals surface area contributed by atoms with Crippen LogP contribution in [0, 0.1) is 6.92 Å². The molecule has 21 heavy (non-hydrogen) atoms. The minimum atomic E-state index is 0.0393. The van der Waals surface area contributed by atoms with Crippen LogP contribution in [-0.4, -0.2) is 39.8 Å². The lowest BCUT2D eigenvalue weighted by Crippen LogP contribution is -2.38. The highest BCUT2D eigenvalue weighted by Crippen LogP contribution is 2.32. The van der Waals surface area contributed by atoms with Gasteiger partial charge in [0, 0.05) is 0 Å². The standard InChI is InChI=1S/C16H18N2OS2/c1-12-4-6-13(7-5-12)10-14-15(19)18(16(20)21-14)11-17-8-2-3-9-17/h4-7,10H,2-3,8-9,11H2,1H3. The van der Waals surface area contributed by atoms with Gasteiger partial charge in [-0.1, -0.05) is 53.8 Å². The third-order valence-electron chi connectivity index (χ3n) is 3.79. The molecule has 0 spiro atoms. The van der Waals surface area contributed by atoms with Crippen molar-refractivity contribution in [1.82, 2.24) is 9.80 Å². The smallest absolute Gasteiger partial charge is 0.267 e. The number of hydrogen-bond acceptors (Lipinski definition) is 4. The minimum absolute atomic E-state index is 0.0393. The van der Waals surface area contributed by atoms with Crippen molar-refractivity contribution in [1.29, 1.82) is 0 Å². The van der Waals surface area contributed by atoms with Gasteiger partial charge in [-0.05, 0) is 44.5 Å². The number of thioether (sulfide) groups is 1. The van der Waals surface area contributed by atoms with E-state index >= 15 is 0 Å². The molecule has 2 aliphatic heterocycles. The predicted molar refractivity (Wildman–Crippen MR) is 91.9 cm³/mol. The summed E-state index contributed by atoms with van der Waals surface area (Å²) in [6, 6.07) is 8.17. The molecule has 2 aliphatic rings. The van der Waals surface area contributed by atoms with Crippen molar-refractivity contribution in [3.8, 4) is 0 Å². The fourth-order valence-electron chi connectivity index (χ4n) is 2.56. The zero-order chi connectivity index (χ0) is 14.8. The third kappa shape index (κ3) is 3.36. The van der Waals surface area contributed by atoms with Crippen LogP contribution in [0.2, 0.25) is 0 Å². The molecule has 2 heterocycles. The Hall–Kier alpha value is -1.17. The van der Waals surface area contributed by atoms with Crippen molar-refractivity contribution >= 4 is 40.3 Å². The number of carbonyl (C=O) groups is 1. The van der Waals surface area contributed by atoms with E-state index in [1.165, 1.54) is 30.2 Å². The van der Waals surface area contributed by atoms with E-state index in [1.54, 1.807) is 4.90 Å². The summed E-state index contributed by atoms with van der Waals surface area (Å²) < 4.78 is 0.672. The molecular weight excluding hydrogens is 300 g/mol. The van der Waals surface area contributed by atoms with Gasteiger partial charge in [0.05, 0.1) is 11.6 Å². The number of carbonyl (C=O) groups excluding carboxylic acids is 1. The fourth-order valence-corrected chi connectivity index (χ4v) is 3.80. The summed E-state index contributed by atoms with van der Waals surface area (Å²) in [5.74, 6) is 0.0393. The molecule has 110 valence electrons. The van der Waals surface area contributed by atoms with Crippen LogP contribution in [0.4, 0.5) is 0 Å². The summed E-state index contributed by atoms with van der Waals surface area (Å²) in [6.07, 6.45) is 4.37. The normalized spacial score (nSPS) is 21.8. The van der Waals surface area contributed by atoms with E-state index in [-0.39, 0.29) is 5.91 Å². The molecule has 5 heteroatoms. The summed E-state index contributed by atoms with van der Waals surface area (Å²) in [5.41, 5.74) is 2.26. The molecule has 1 aromatic carbocycles. The van der Waals surface area contributed by atoms with Crippen molar-refractivity contribution in [3.63, 3.8) is 0 Å². The van der Waals surface area contributed by atoms with Gasteiger partial charge in [-0.2, -0.15) is 0 Å². The first-order chi connectivity index (χ1) is 10.1. The third-order valence-corrected chi connectivity index (χ3v) is 5.17. The highest BCUT2D eigenvalue weighted by atomic mass is 32.2. The first-order valence-corrected chi connectivity index (χ1v) is 8.40. The molecule has 3 nitrogen and oxygen atoms in total. The van der Waals surface area contributed by atoms with E-state index in [0.717, 1.165) is 23.6 Å². The second-order valence-electron chi connectivity index (χ2n) is 5.49. The molecule has 0 bridgehead atoms. The number of aryl methyl sites for hydroxylation is 1. The molecular formula is C16H18N2OS2. The number of hydrogen-bond donors (Lipinski definition) is 0. The number of thiocarbonyl (C=S) groups is 1. The number of rotatable bonds is 3. The molecule has 1 amide bonds. The molecule has 3 rings (SSSR count). The van der Waals surface area contributed by atoms with Crippen molar-refractivity contribution in [2.75, 3.05) is 19.8 Å². The second kappa shape index (κ2) is 6.30. The molecule has 2 fully saturated rings. The van der Waals surface area contributed by atoms with Gasteiger partial charge in [0.15, 0.2) is 0 Å². The number of amides is 1.